The minimum absolute atomic E-state index is 0.116. The molecule has 0 amide bonds. The van der Waals surface area contributed by atoms with Gasteiger partial charge < -0.3 is 9.47 Å². The fourth-order valence-electron chi connectivity index (χ4n) is 10.9. The van der Waals surface area contributed by atoms with Crippen molar-refractivity contribution < 1.29 is 0 Å². The molecule has 296 valence electrons. The molecular weight excluding hydrogens is 749 g/mol. The Morgan fingerprint density at radius 2 is 0.887 bits per heavy atom. The van der Waals surface area contributed by atoms with Gasteiger partial charge >= 0.3 is 0 Å². The molecule has 10 aromatic rings. The molecule has 1 aromatic heterocycles. The summed E-state index contributed by atoms with van der Waals surface area (Å²) in [5.74, 6) is 0. The van der Waals surface area contributed by atoms with Crippen molar-refractivity contribution in [2.24, 2.45) is 0 Å². The summed E-state index contributed by atoms with van der Waals surface area (Å²) < 4.78 is 2.38. The second-order valence-corrected chi connectivity index (χ2v) is 18.2. The molecule has 0 spiro atoms. The van der Waals surface area contributed by atoms with E-state index in [4.69, 9.17) is 0 Å². The number of hydrogen-bond acceptors (Lipinski definition) is 1. The van der Waals surface area contributed by atoms with Gasteiger partial charge in [0.25, 0.3) is 0 Å². The van der Waals surface area contributed by atoms with Crippen molar-refractivity contribution in [2.45, 2.75) is 38.5 Å². The van der Waals surface area contributed by atoms with Gasteiger partial charge in [-0.25, -0.2) is 0 Å². The molecule has 0 unspecified atom stereocenters. The lowest BCUT2D eigenvalue weighted by Gasteiger charge is -2.30. The molecular formula is C60H46N2. The number of nitrogens with zero attached hydrogens (tertiary/aromatic N) is 2. The summed E-state index contributed by atoms with van der Waals surface area (Å²) >= 11 is 0. The molecule has 0 aliphatic heterocycles. The molecule has 0 bridgehead atoms. The van der Waals surface area contributed by atoms with E-state index in [1.54, 1.807) is 0 Å². The van der Waals surface area contributed by atoms with Crippen LogP contribution in [0.1, 0.15) is 49.9 Å². The molecule has 0 radical (unpaired) electrons. The summed E-state index contributed by atoms with van der Waals surface area (Å²) in [4.78, 5) is 2.47. The molecule has 0 fully saturated rings. The molecule has 2 heteroatoms. The average molecular weight is 795 g/mol. The van der Waals surface area contributed by atoms with Crippen LogP contribution in [0.25, 0.3) is 72.0 Å². The molecule has 9 aromatic carbocycles. The quantitative estimate of drug-likeness (QED) is 0.163. The van der Waals surface area contributed by atoms with Gasteiger partial charge in [-0.05, 0) is 133 Å². The van der Waals surface area contributed by atoms with Crippen molar-refractivity contribution in [3.63, 3.8) is 0 Å². The molecule has 0 saturated carbocycles. The number of aromatic nitrogens is 1. The topological polar surface area (TPSA) is 8.17 Å². The predicted molar refractivity (Wildman–Crippen MR) is 261 cm³/mol. The van der Waals surface area contributed by atoms with Gasteiger partial charge in [-0.3, -0.25) is 0 Å². The maximum absolute atomic E-state index is 2.47. The maximum Gasteiger partial charge on any atom is 0.0541 e. The highest BCUT2D eigenvalue weighted by atomic mass is 15.1. The van der Waals surface area contributed by atoms with Crippen LogP contribution < -0.4 is 4.90 Å². The molecule has 2 nitrogen and oxygen atoms in total. The van der Waals surface area contributed by atoms with Crippen molar-refractivity contribution in [3.05, 3.63) is 229 Å². The Morgan fingerprint density at radius 3 is 1.66 bits per heavy atom. The number of anilines is 3. The standard InChI is InChI=1S/C60H46N2/c1-59(2)52-23-13-11-20-47(52)48-33-31-44(37-54(48)59)61(45-32-34-50-55(38-45)60(3,4)53-24-15-22-46(58(50)53)40-16-7-5-8-17-40)43-29-26-39(27-30-43)41-28-35-57-51(36-41)49-21-12-14-25-56(49)62(57)42-18-9-6-10-19-42/h5-38H,1-4H3. The lowest BCUT2D eigenvalue weighted by atomic mass is 9.81. The van der Waals surface area contributed by atoms with Crippen LogP contribution in [0, 0.1) is 0 Å². The number of benzene rings is 9. The summed E-state index contributed by atoms with van der Waals surface area (Å²) in [7, 11) is 0. The highest BCUT2D eigenvalue weighted by Crippen LogP contribution is 2.55. The zero-order valence-electron chi connectivity index (χ0n) is 35.5. The highest BCUT2D eigenvalue weighted by molar-refractivity contribution is 6.10. The first-order valence-electron chi connectivity index (χ1n) is 21.8. The second kappa shape index (κ2) is 13.5. The Bertz CT molecular complexity index is 3390. The summed E-state index contributed by atoms with van der Waals surface area (Å²) in [5.41, 5.74) is 22.5. The average Bonchev–Trinajstić information content (AvgIpc) is 3.86. The SMILES string of the molecule is CC1(C)c2ccccc2-c2ccc(N(c3ccc(-c4ccc5c(c4)c4ccccc4n5-c4ccccc4)cc3)c3ccc4c(c3)C(C)(C)c3cccc(-c5ccccc5)c3-4)cc21. The van der Waals surface area contributed by atoms with Crippen molar-refractivity contribution >= 4 is 38.9 Å². The minimum atomic E-state index is -0.176. The van der Waals surface area contributed by atoms with Gasteiger partial charge in [0.05, 0.1) is 11.0 Å². The molecule has 0 saturated heterocycles. The summed E-state index contributed by atoms with van der Waals surface area (Å²) in [6.07, 6.45) is 0. The zero-order chi connectivity index (χ0) is 41.7. The Morgan fingerprint density at radius 1 is 0.339 bits per heavy atom. The van der Waals surface area contributed by atoms with Crippen LogP contribution in [0.2, 0.25) is 0 Å². The molecule has 0 atom stereocenters. The van der Waals surface area contributed by atoms with Gasteiger partial charge in [0.2, 0.25) is 0 Å². The van der Waals surface area contributed by atoms with E-state index in [0.29, 0.717) is 0 Å². The molecule has 1 heterocycles. The smallest absolute Gasteiger partial charge is 0.0541 e. The molecule has 62 heavy (non-hydrogen) atoms. The second-order valence-electron chi connectivity index (χ2n) is 18.2. The van der Waals surface area contributed by atoms with Gasteiger partial charge in [-0.1, -0.05) is 167 Å². The van der Waals surface area contributed by atoms with E-state index in [1.807, 2.05) is 0 Å². The Balaban J connectivity index is 0.996. The summed E-state index contributed by atoms with van der Waals surface area (Å²) in [5, 5.41) is 2.52. The Hall–Kier alpha value is -7.42. The van der Waals surface area contributed by atoms with E-state index in [1.165, 1.54) is 94.3 Å². The van der Waals surface area contributed by atoms with Crippen molar-refractivity contribution in [1.82, 2.24) is 4.57 Å². The summed E-state index contributed by atoms with van der Waals surface area (Å²) in [6, 6.07) is 76.5. The largest absolute Gasteiger partial charge is 0.310 e. The minimum Gasteiger partial charge on any atom is -0.310 e. The van der Waals surface area contributed by atoms with Gasteiger partial charge in [0, 0.05) is 44.4 Å². The van der Waals surface area contributed by atoms with Crippen LogP contribution >= 0.6 is 0 Å². The van der Waals surface area contributed by atoms with Crippen LogP contribution in [0.3, 0.4) is 0 Å². The van der Waals surface area contributed by atoms with E-state index in [0.717, 1.165) is 17.1 Å². The first-order valence-corrected chi connectivity index (χ1v) is 21.8. The number of para-hydroxylation sites is 2. The van der Waals surface area contributed by atoms with Crippen LogP contribution in [0.15, 0.2) is 206 Å². The van der Waals surface area contributed by atoms with E-state index >= 15 is 0 Å². The first kappa shape index (κ1) is 36.4. The lowest BCUT2D eigenvalue weighted by Crippen LogP contribution is -2.18. The molecule has 0 N–H and O–H groups in total. The predicted octanol–water partition coefficient (Wildman–Crippen LogP) is 16.2. The third kappa shape index (κ3) is 5.36. The number of rotatable bonds is 6. The third-order valence-corrected chi connectivity index (χ3v) is 14.0. The van der Waals surface area contributed by atoms with Crippen LogP contribution in [0.5, 0.6) is 0 Å². The van der Waals surface area contributed by atoms with Crippen molar-refractivity contribution in [3.8, 4) is 50.2 Å². The normalized spacial score (nSPS) is 14.1. The van der Waals surface area contributed by atoms with Crippen LogP contribution in [-0.2, 0) is 10.8 Å². The zero-order valence-corrected chi connectivity index (χ0v) is 35.5. The van der Waals surface area contributed by atoms with Crippen molar-refractivity contribution in [1.29, 1.82) is 0 Å². The van der Waals surface area contributed by atoms with E-state index in [9.17, 15) is 0 Å². The van der Waals surface area contributed by atoms with Gasteiger partial charge in [-0.15, -0.1) is 0 Å². The third-order valence-electron chi connectivity index (χ3n) is 14.0. The van der Waals surface area contributed by atoms with Crippen LogP contribution in [0.4, 0.5) is 17.1 Å². The van der Waals surface area contributed by atoms with E-state index in [-0.39, 0.29) is 10.8 Å². The first-order chi connectivity index (χ1) is 30.3. The van der Waals surface area contributed by atoms with E-state index in [2.05, 4.69) is 243 Å². The van der Waals surface area contributed by atoms with Gasteiger partial charge in [0.15, 0.2) is 0 Å². The fourth-order valence-corrected chi connectivity index (χ4v) is 10.9. The lowest BCUT2D eigenvalue weighted by molar-refractivity contribution is 0.660. The van der Waals surface area contributed by atoms with E-state index < -0.39 is 0 Å². The Labute approximate surface area is 364 Å². The number of hydrogen-bond donors (Lipinski definition) is 0. The highest BCUT2D eigenvalue weighted by Gasteiger charge is 2.39. The molecule has 2 aliphatic carbocycles. The van der Waals surface area contributed by atoms with Gasteiger partial charge in [0.1, 0.15) is 0 Å². The fraction of sp³-hybridized carbons (Fsp3) is 0.100. The van der Waals surface area contributed by atoms with Gasteiger partial charge in [-0.2, -0.15) is 0 Å². The van der Waals surface area contributed by atoms with Crippen molar-refractivity contribution in [2.75, 3.05) is 4.90 Å². The summed E-state index contributed by atoms with van der Waals surface area (Å²) in [6.45, 7) is 9.51. The maximum atomic E-state index is 2.47. The number of fused-ring (bicyclic) bond motifs is 9. The Kier molecular flexibility index (Phi) is 7.96. The molecule has 2 aliphatic rings. The molecule has 12 rings (SSSR count). The van der Waals surface area contributed by atoms with Crippen LogP contribution in [-0.4, -0.2) is 4.57 Å². The monoisotopic (exact) mass is 794 g/mol.